The quantitative estimate of drug-likeness (QED) is 0.213. The fourth-order valence-electron chi connectivity index (χ4n) is 5.32. The maximum Gasteiger partial charge on any atom is 0.354 e. The molecule has 0 bridgehead atoms. The smallest absolute Gasteiger partial charge is 0.354 e. The van der Waals surface area contributed by atoms with E-state index in [9.17, 15) is 19.5 Å². The van der Waals surface area contributed by atoms with E-state index in [1.807, 2.05) is 0 Å². The van der Waals surface area contributed by atoms with Crippen LogP contribution in [-0.4, -0.2) is 98.3 Å². The minimum atomic E-state index is -0.871. The topological polar surface area (TPSA) is 131 Å². The van der Waals surface area contributed by atoms with Gasteiger partial charge in [0.05, 0.1) is 46.2 Å². The summed E-state index contributed by atoms with van der Waals surface area (Å²) in [6, 6.07) is 4.28. The number of aliphatic hydroxyl groups excluding tert-OH is 1. The number of hydrogen-bond acceptors (Lipinski definition) is 9. The Morgan fingerprint density at radius 3 is 2.41 bits per heavy atom. The SMILES string of the molecule is COC(=O)c1[nH]c(C)c(/C(O)=C2\C(=O)C(=O)N(CCCN3CCOCC3)C2c2ccc(OC)c(OC)c2)c1C. The van der Waals surface area contributed by atoms with Crippen LogP contribution in [-0.2, 0) is 19.1 Å². The average molecular weight is 542 g/mol. The van der Waals surface area contributed by atoms with Crippen molar-refractivity contribution in [3.8, 4) is 11.5 Å². The number of esters is 1. The first-order valence-corrected chi connectivity index (χ1v) is 12.8. The number of likely N-dealkylation sites (tertiary alicyclic amines) is 1. The Labute approximate surface area is 227 Å². The van der Waals surface area contributed by atoms with Gasteiger partial charge in [-0.2, -0.15) is 0 Å². The van der Waals surface area contributed by atoms with Crippen LogP contribution in [0.5, 0.6) is 11.5 Å². The summed E-state index contributed by atoms with van der Waals surface area (Å²) in [6.07, 6.45) is 0.631. The first kappa shape index (κ1) is 28.2. The van der Waals surface area contributed by atoms with Crippen LogP contribution in [0.3, 0.4) is 0 Å². The molecule has 2 N–H and O–H groups in total. The van der Waals surface area contributed by atoms with E-state index in [2.05, 4.69) is 9.88 Å². The summed E-state index contributed by atoms with van der Waals surface area (Å²) in [5.41, 5.74) is 1.86. The number of aromatic nitrogens is 1. The monoisotopic (exact) mass is 541 g/mol. The number of Topliss-reactive ketones (excluding diaryl/α,β-unsaturated/α-hetero) is 1. The Bertz CT molecular complexity index is 1290. The van der Waals surface area contributed by atoms with E-state index in [1.165, 1.54) is 26.2 Å². The Morgan fingerprint density at radius 1 is 1.08 bits per heavy atom. The van der Waals surface area contributed by atoms with Crippen LogP contribution >= 0.6 is 0 Å². The second kappa shape index (κ2) is 11.9. The van der Waals surface area contributed by atoms with Crippen molar-refractivity contribution in [3.05, 3.63) is 51.9 Å². The number of rotatable bonds is 9. The molecule has 39 heavy (non-hydrogen) atoms. The van der Waals surface area contributed by atoms with Gasteiger partial charge in [0.15, 0.2) is 11.5 Å². The van der Waals surface area contributed by atoms with Gasteiger partial charge in [0.2, 0.25) is 0 Å². The van der Waals surface area contributed by atoms with Gasteiger partial charge < -0.3 is 33.9 Å². The number of nitrogens with one attached hydrogen (secondary N) is 1. The molecular formula is C28H35N3O8. The van der Waals surface area contributed by atoms with Gasteiger partial charge in [0.1, 0.15) is 11.5 Å². The highest BCUT2D eigenvalue weighted by Crippen LogP contribution is 2.43. The summed E-state index contributed by atoms with van der Waals surface area (Å²) in [7, 11) is 4.28. The molecule has 210 valence electrons. The number of carbonyl (C=O) groups excluding carboxylic acids is 3. The first-order valence-electron chi connectivity index (χ1n) is 12.8. The van der Waals surface area contributed by atoms with E-state index in [1.54, 1.807) is 32.0 Å². The summed E-state index contributed by atoms with van der Waals surface area (Å²) in [4.78, 5) is 45.8. The molecular weight excluding hydrogens is 506 g/mol. The van der Waals surface area contributed by atoms with Crippen LogP contribution in [0.25, 0.3) is 5.76 Å². The molecule has 1 aromatic carbocycles. The Kier molecular flexibility index (Phi) is 8.61. The number of aryl methyl sites for hydroxylation is 1. The second-order valence-corrected chi connectivity index (χ2v) is 9.53. The summed E-state index contributed by atoms with van der Waals surface area (Å²) < 4.78 is 21.1. The third-order valence-electron chi connectivity index (χ3n) is 7.30. The minimum absolute atomic E-state index is 0.0554. The molecule has 0 saturated carbocycles. The molecule has 11 nitrogen and oxygen atoms in total. The van der Waals surface area contributed by atoms with E-state index in [-0.39, 0.29) is 22.6 Å². The Balaban J connectivity index is 1.79. The largest absolute Gasteiger partial charge is 0.507 e. The normalized spacial score (nSPS) is 19.4. The van der Waals surface area contributed by atoms with Crippen LogP contribution in [0.1, 0.15) is 45.3 Å². The predicted molar refractivity (Wildman–Crippen MR) is 142 cm³/mol. The van der Waals surface area contributed by atoms with E-state index in [0.717, 1.165) is 19.6 Å². The predicted octanol–water partition coefficient (Wildman–Crippen LogP) is 2.58. The van der Waals surface area contributed by atoms with Gasteiger partial charge in [0, 0.05) is 37.4 Å². The van der Waals surface area contributed by atoms with E-state index >= 15 is 0 Å². The number of carbonyl (C=O) groups is 3. The van der Waals surface area contributed by atoms with Crippen LogP contribution in [0.2, 0.25) is 0 Å². The molecule has 1 unspecified atom stereocenters. The summed E-state index contributed by atoms with van der Waals surface area (Å²) in [5, 5.41) is 11.6. The number of ether oxygens (including phenoxy) is 4. The number of amides is 1. The van der Waals surface area contributed by atoms with E-state index in [0.29, 0.717) is 54.5 Å². The van der Waals surface area contributed by atoms with Gasteiger partial charge in [0.25, 0.3) is 11.7 Å². The molecule has 1 amide bonds. The summed E-state index contributed by atoms with van der Waals surface area (Å²) in [6.45, 7) is 7.32. The van der Waals surface area contributed by atoms with Crippen molar-refractivity contribution in [1.29, 1.82) is 0 Å². The number of hydrogen-bond donors (Lipinski definition) is 2. The zero-order chi connectivity index (χ0) is 28.3. The molecule has 4 rings (SSSR count). The number of aliphatic hydroxyl groups is 1. The Hall–Kier alpha value is -3.83. The fourth-order valence-corrected chi connectivity index (χ4v) is 5.32. The lowest BCUT2D eigenvalue weighted by atomic mass is 9.93. The lowest BCUT2D eigenvalue weighted by Gasteiger charge is -2.29. The van der Waals surface area contributed by atoms with E-state index < -0.39 is 23.7 Å². The van der Waals surface area contributed by atoms with Crippen molar-refractivity contribution in [3.63, 3.8) is 0 Å². The molecule has 0 radical (unpaired) electrons. The van der Waals surface area contributed by atoms with Crippen LogP contribution in [0, 0.1) is 13.8 Å². The van der Waals surface area contributed by atoms with Gasteiger partial charge >= 0.3 is 5.97 Å². The first-order chi connectivity index (χ1) is 18.7. The fraction of sp³-hybridized carbons (Fsp3) is 0.464. The number of H-pyrrole nitrogens is 1. The molecule has 11 heteroatoms. The van der Waals surface area contributed by atoms with Gasteiger partial charge in [-0.3, -0.25) is 14.5 Å². The van der Waals surface area contributed by atoms with Crippen LogP contribution in [0.4, 0.5) is 0 Å². The molecule has 1 aromatic heterocycles. The van der Waals surface area contributed by atoms with Gasteiger partial charge in [-0.25, -0.2) is 4.79 Å². The molecule has 0 aliphatic carbocycles. The van der Waals surface area contributed by atoms with Gasteiger partial charge in [-0.15, -0.1) is 0 Å². The highest BCUT2D eigenvalue weighted by Gasteiger charge is 2.46. The van der Waals surface area contributed by atoms with Crippen molar-refractivity contribution in [2.45, 2.75) is 26.3 Å². The van der Waals surface area contributed by atoms with Crippen molar-refractivity contribution in [2.24, 2.45) is 0 Å². The third-order valence-corrected chi connectivity index (χ3v) is 7.30. The zero-order valence-electron chi connectivity index (χ0n) is 23.0. The van der Waals surface area contributed by atoms with Crippen LogP contribution in [0.15, 0.2) is 23.8 Å². The molecule has 1 atom stereocenters. The molecule has 2 aliphatic heterocycles. The molecule has 0 spiro atoms. The van der Waals surface area contributed by atoms with Gasteiger partial charge in [-0.1, -0.05) is 6.07 Å². The number of aromatic amines is 1. The van der Waals surface area contributed by atoms with Crippen LogP contribution < -0.4 is 9.47 Å². The Morgan fingerprint density at radius 2 is 1.77 bits per heavy atom. The average Bonchev–Trinajstić information content (AvgIpc) is 3.39. The number of benzene rings is 1. The summed E-state index contributed by atoms with van der Waals surface area (Å²) in [5.74, 6) is -1.53. The third kappa shape index (κ3) is 5.37. The lowest BCUT2D eigenvalue weighted by Crippen LogP contribution is -2.39. The lowest BCUT2D eigenvalue weighted by molar-refractivity contribution is -0.140. The molecule has 2 aromatic rings. The van der Waals surface area contributed by atoms with Crippen molar-refractivity contribution < 1.29 is 38.4 Å². The highest BCUT2D eigenvalue weighted by molar-refractivity contribution is 6.46. The number of ketones is 1. The number of methoxy groups -OCH3 is 3. The summed E-state index contributed by atoms with van der Waals surface area (Å²) >= 11 is 0. The van der Waals surface area contributed by atoms with E-state index in [4.69, 9.17) is 18.9 Å². The highest BCUT2D eigenvalue weighted by atomic mass is 16.5. The zero-order valence-corrected chi connectivity index (χ0v) is 23.0. The molecule has 3 heterocycles. The maximum absolute atomic E-state index is 13.5. The van der Waals surface area contributed by atoms with Crippen molar-refractivity contribution in [2.75, 3.05) is 60.7 Å². The maximum atomic E-state index is 13.5. The van der Waals surface area contributed by atoms with Crippen molar-refractivity contribution in [1.82, 2.24) is 14.8 Å². The van der Waals surface area contributed by atoms with Crippen molar-refractivity contribution >= 4 is 23.4 Å². The number of nitrogens with zero attached hydrogens (tertiary/aromatic N) is 2. The molecule has 2 saturated heterocycles. The second-order valence-electron chi connectivity index (χ2n) is 9.53. The standard InChI is InChI=1S/C28H35N3O8/c1-16-21(17(2)29-23(16)28(35)38-5)25(32)22-24(18-7-8-19(36-3)20(15-18)37-4)31(27(34)26(22)33)10-6-9-30-11-13-39-14-12-30/h7-8,15,24,29,32H,6,9-14H2,1-5H3/b25-22+. The number of morpholine rings is 1. The molecule has 2 fully saturated rings. The minimum Gasteiger partial charge on any atom is -0.507 e. The van der Waals surface area contributed by atoms with Gasteiger partial charge in [-0.05, 0) is 43.5 Å². The molecule has 2 aliphatic rings.